The van der Waals surface area contributed by atoms with Gasteiger partial charge < -0.3 is 15.5 Å². The van der Waals surface area contributed by atoms with Gasteiger partial charge in [-0.2, -0.15) is 0 Å². The second-order valence-corrected chi connectivity index (χ2v) is 3.78. The van der Waals surface area contributed by atoms with E-state index < -0.39 is 0 Å². The van der Waals surface area contributed by atoms with Gasteiger partial charge >= 0.3 is 0 Å². The number of hydrogen-bond donors (Lipinski definition) is 2. The summed E-state index contributed by atoms with van der Waals surface area (Å²) in [5.41, 5.74) is 9.30. The van der Waals surface area contributed by atoms with Crippen molar-refractivity contribution < 1.29 is 4.74 Å². The smallest absolute Gasteiger partial charge is 0.120 e. The molecular formula is C13H18N2O. The molecule has 3 N–H and O–H groups in total. The van der Waals surface area contributed by atoms with Gasteiger partial charge in [0.15, 0.2) is 0 Å². The molecule has 0 aliphatic carbocycles. The highest BCUT2D eigenvalue weighted by Gasteiger charge is 2.09. The number of fused-ring (bicyclic) bond motifs is 1. The molecule has 1 aromatic carbocycles. The molecule has 0 aliphatic heterocycles. The normalized spacial score (nSPS) is 10.9. The van der Waals surface area contributed by atoms with Crippen LogP contribution < -0.4 is 10.5 Å². The van der Waals surface area contributed by atoms with Crippen LogP contribution in [0, 0.1) is 0 Å². The number of nitrogens with two attached hydrogens (primary N) is 1. The molecule has 0 atom stereocenters. The molecule has 0 saturated carbocycles. The number of aromatic amines is 1. The van der Waals surface area contributed by atoms with Crippen LogP contribution in [0.3, 0.4) is 0 Å². The molecule has 2 aromatic rings. The van der Waals surface area contributed by atoms with Gasteiger partial charge in [-0.05, 0) is 37.1 Å². The minimum Gasteiger partial charge on any atom is -0.494 e. The Hall–Kier alpha value is -1.48. The van der Waals surface area contributed by atoms with Crippen molar-refractivity contribution >= 4 is 10.9 Å². The van der Waals surface area contributed by atoms with Gasteiger partial charge in [0.25, 0.3) is 0 Å². The summed E-state index contributed by atoms with van der Waals surface area (Å²) >= 11 is 0. The number of hydrogen-bond acceptors (Lipinski definition) is 2. The number of rotatable bonds is 4. The number of H-pyrrole nitrogens is 1. The lowest BCUT2D eigenvalue weighted by molar-refractivity contribution is 0.340. The second-order valence-electron chi connectivity index (χ2n) is 3.78. The molecule has 3 nitrogen and oxygen atoms in total. The van der Waals surface area contributed by atoms with Gasteiger partial charge in [-0.25, -0.2) is 0 Å². The largest absolute Gasteiger partial charge is 0.494 e. The predicted molar refractivity (Wildman–Crippen MR) is 66.7 cm³/mol. The number of aromatic nitrogens is 1. The molecule has 0 amide bonds. The van der Waals surface area contributed by atoms with Crippen molar-refractivity contribution in [3.63, 3.8) is 0 Å². The van der Waals surface area contributed by atoms with E-state index in [1.165, 1.54) is 10.9 Å². The lowest BCUT2D eigenvalue weighted by Gasteiger charge is -2.03. The Morgan fingerprint density at radius 3 is 2.75 bits per heavy atom. The molecule has 86 valence electrons. The maximum absolute atomic E-state index is 5.72. The third kappa shape index (κ3) is 1.78. The van der Waals surface area contributed by atoms with E-state index in [1.807, 2.05) is 13.0 Å². The van der Waals surface area contributed by atoms with Crippen LogP contribution in [0.4, 0.5) is 0 Å². The maximum atomic E-state index is 5.72. The van der Waals surface area contributed by atoms with Gasteiger partial charge in [-0.15, -0.1) is 0 Å². The van der Waals surface area contributed by atoms with Crippen molar-refractivity contribution in [2.24, 2.45) is 5.73 Å². The number of benzene rings is 1. The average molecular weight is 218 g/mol. The zero-order valence-corrected chi connectivity index (χ0v) is 9.84. The fourth-order valence-corrected chi connectivity index (χ4v) is 2.12. The highest BCUT2D eigenvalue weighted by atomic mass is 16.5. The predicted octanol–water partition coefficient (Wildman–Crippen LogP) is 2.59. The average Bonchev–Trinajstić information content (AvgIpc) is 2.66. The molecule has 0 saturated heterocycles. The van der Waals surface area contributed by atoms with Crippen LogP contribution in [0.2, 0.25) is 0 Å². The molecule has 1 aromatic heterocycles. The lowest BCUT2D eigenvalue weighted by atomic mass is 10.1. The molecule has 0 spiro atoms. The van der Waals surface area contributed by atoms with Crippen LogP contribution in [0.1, 0.15) is 25.1 Å². The van der Waals surface area contributed by atoms with Crippen molar-refractivity contribution in [2.45, 2.75) is 26.8 Å². The van der Waals surface area contributed by atoms with E-state index in [1.54, 1.807) is 0 Å². The zero-order chi connectivity index (χ0) is 11.5. The summed E-state index contributed by atoms with van der Waals surface area (Å²) in [6.45, 7) is 5.39. The summed E-state index contributed by atoms with van der Waals surface area (Å²) in [4.78, 5) is 3.35. The quantitative estimate of drug-likeness (QED) is 0.828. The van der Waals surface area contributed by atoms with Crippen LogP contribution in [-0.4, -0.2) is 11.6 Å². The van der Waals surface area contributed by atoms with E-state index in [2.05, 4.69) is 24.0 Å². The second kappa shape index (κ2) is 4.58. The summed E-state index contributed by atoms with van der Waals surface area (Å²) in [5, 5.41) is 1.23. The molecule has 0 radical (unpaired) electrons. The summed E-state index contributed by atoms with van der Waals surface area (Å²) in [5.74, 6) is 0.923. The van der Waals surface area contributed by atoms with Gasteiger partial charge in [0.05, 0.1) is 6.61 Å². The van der Waals surface area contributed by atoms with E-state index in [4.69, 9.17) is 10.5 Å². The van der Waals surface area contributed by atoms with Gasteiger partial charge in [0.1, 0.15) is 5.75 Å². The first-order valence-corrected chi connectivity index (χ1v) is 5.76. The van der Waals surface area contributed by atoms with E-state index in [0.29, 0.717) is 13.2 Å². The van der Waals surface area contributed by atoms with E-state index in [-0.39, 0.29) is 0 Å². The summed E-state index contributed by atoms with van der Waals surface area (Å²) < 4.78 is 5.51. The van der Waals surface area contributed by atoms with Crippen LogP contribution in [0.15, 0.2) is 18.2 Å². The minimum absolute atomic E-state index is 0.557. The van der Waals surface area contributed by atoms with Crippen molar-refractivity contribution in [1.82, 2.24) is 4.98 Å². The molecule has 0 aliphatic rings. The maximum Gasteiger partial charge on any atom is 0.120 e. The van der Waals surface area contributed by atoms with Gasteiger partial charge in [-0.3, -0.25) is 0 Å². The van der Waals surface area contributed by atoms with Crippen molar-refractivity contribution in [2.75, 3.05) is 6.61 Å². The fourth-order valence-electron chi connectivity index (χ4n) is 2.12. The molecule has 0 bridgehead atoms. The topological polar surface area (TPSA) is 51.0 Å². The molecule has 2 rings (SSSR count). The Kier molecular flexibility index (Phi) is 3.15. The van der Waals surface area contributed by atoms with Crippen LogP contribution in [0.25, 0.3) is 10.9 Å². The Morgan fingerprint density at radius 1 is 1.31 bits per heavy atom. The first-order chi connectivity index (χ1) is 7.80. The lowest BCUT2D eigenvalue weighted by Crippen LogP contribution is -1.99. The first-order valence-electron chi connectivity index (χ1n) is 5.76. The number of aryl methyl sites for hydroxylation is 1. The van der Waals surface area contributed by atoms with Gasteiger partial charge in [0.2, 0.25) is 0 Å². The zero-order valence-electron chi connectivity index (χ0n) is 9.84. The number of ether oxygens (including phenoxy) is 1. The highest BCUT2D eigenvalue weighted by molar-refractivity contribution is 5.86. The molecule has 0 unspecified atom stereocenters. The molecule has 3 heteroatoms. The Balaban J connectivity index is 2.56. The summed E-state index contributed by atoms with van der Waals surface area (Å²) in [6.07, 6.45) is 0.988. The molecular weight excluding hydrogens is 200 g/mol. The summed E-state index contributed by atoms with van der Waals surface area (Å²) in [7, 11) is 0. The van der Waals surface area contributed by atoms with E-state index in [9.17, 15) is 0 Å². The third-order valence-electron chi connectivity index (χ3n) is 2.83. The molecule has 16 heavy (non-hydrogen) atoms. The summed E-state index contributed by atoms with van der Waals surface area (Å²) in [6, 6.07) is 6.13. The van der Waals surface area contributed by atoms with Crippen molar-refractivity contribution in [3.8, 4) is 5.75 Å². The van der Waals surface area contributed by atoms with Crippen LogP contribution in [0.5, 0.6) is 5.75 Å². The van der Waals surface area contributed by atoms with Crippen LogP contribution >= 0.6 is 0 Å². The van der Waals surface area contributed by atoms with Gasteiger partial charge in [-0.1, -0.05) is 6.92 Å². The molecule has 0 fully saturated rings. The van der Waals surface area contributed by atoms with Crippen molar-refractivity contribution in [1.29, 1.82) is 0 Å². The standard InChI is InChI=1S/C13H18N2O/c1-3-10-11-7-9(16-4-2)5-6-12(11)15-13(10)8-14/h5-7,15H,3-4,8,14H2,1-2H3. The Labute approximate surface area is 95.6 Å². The minimum atomic E-state index is 0.557. The Morgan fingerprint density at radius 2 is 2.12 bits per heavy atom. The van der Waals surface area contributed by atoms with Crippen LogP contribution in [-0.2, 0) is 13.0 Å². The van der Waals surface area contributed by atoms with E-state index >= 15 is 0 Å². The first kappa shape index (κ1) is 11.0. The van der Waals surface area contributed by atoms with Gasteiger partial charge in [0, 0.05) is 23.1 Å². The molecule has 1 heterocycles. The van der Waals surface area contributed by atoms with Crippen molar-refractivity contribution in [3.05, 3.63) is 29.5 Å². The SMILES string of the molecule is CCOc1ccc2[nH]c(CN)c(CC)c2c1. The third-order valence-corrected chi connectivity index (χ3v) is 2.83. The Bertz CT molecular complexity index is 488. The van der Waals surface area contributed by atoms with E-state index in [0.717, 1.165) is 23.4 Å². The fraction of sp³-hybridized carbons (Fsp3) is 0.385. The monoisotopic (exact) mass is 218 g/mol. The highest BCUT2D eigenvalue weighted by Crippen LogP contribution is 2.26. The number of nitrogens with one attached hydrogen (secondary N) is 1.